The summed E-state index contributed by atoms with van der Waals surface area (Å²) in [4.78, 5) is 14.4. The number of nitrogens with one attached hydrogen (secondary N) is 1. The fourth-order valence-electron chi connectivity index (χ4n) is 1.47. The fraction of sp³-hybridized carbons (Fsp3) is 0.400. The molecule has 2 heterocycles. The van der Waals surface area contributed by atoms with Gasteiger partial charge in [0.05, 0.1) is 6.61 Å². The van der Waals surface area contributed by atoms with Gasteiger partial charge in [-0.1, -0.05) is 0 Å². The number of ether oxygens (including phenoxy) is 1. The van der Waals surface area contributed by atoms with Gasteiger partial charge in [0.25, 0.3) is 0 Å². The Morgan fingerprint density at radius 3 is 3.17 bits per heavy atom. The number of nitrogens with zero attached hydrogens (tertiary/aromatic N) is 4. The molecule has 0 aliphatic heterocycles. The van der Waals surface area contributed by atoms with Crippen LogP contribution < -0.4 is 5.32 Å². The molecule has 2 rings (SSSR count). The number of anilines is 1. The molecule has 96 valence electrons. The maximum Gasteiger partial charge on any atom is 0.329 e. The first-order valence-corrected chi connectivity index (χ1v) is 5.38. The molecule has 2 N–H and O–H groups in total. The van der Waals surface area contributed by atoms with Crippen LogP contribution in [0.15, 0.2) is 12.4 Å². The first-order valence-electron chi connectivity index (χ1n) is 5.38. The van der Waals surface area contributed by atoms with Crippen molar-refractivity contribution in [2.75, 3.05) is 25.1 Å². The largest absolute Gasteiger partial charge is 0.480 e. The quantitative estimate of drug-likeness (QED) is 0.694. The minimum absolute atomic E-state index is 0.280. The standard InChI is InChI=1S/C10H13N5O3/c1-7-13-14-10-9(11-2-4-15(7)10)12-3-5-18-6-8(16)17/h2,4H,3,5-6H2,1H3,(H,11,12)(H,16,17). The summed E-state index contributed by atoms with van der Waals surface area (Å²) in [5.74, 6) is 0.387. The number of fused-ring (bicyclic) bond motifs is 1. The maximum absolute atomic E-state index is 10.2. The van der Waals surface area contributed by atoms with Crippen LogP contribution in [-0.4, -0.2) is 50.4 Å². The Balaban J connectivity index is 1.93. The highest BCUT2D eigenvalue weighted by Crippen LogP contribution is 2.11. The lowest BCUT2D eigenvalue weighted by atomic mass is 10.5. The number of carbonyl (C=O) groups is 1. The Bertz CT molecular complexity index is 553. The second kappa shape index (κ2) is 5.41. The summed E-state index contributed by atoms with van der Waals surface area (Å²) in [6.07, 6.45) is 3.42. The number of rotatable bonds is 6. The zero-order chi connectivity index (χ0) is 13.0. The third-order valence-corrected chi connectivity index (χ3v) is 2.26. The zero-order valence-electron chi connectivity index (χ0n) is 9.83. The lowest BCUT2D eigenvalue weighted by molar-refractivity contribution is -0.142. The van der Waals surface area contributed by atoms with Crippen LogP contribution in [0.2, 0.25) is 0 Å². The highest BCUT2D eigenvalue weighted by molar-refractivity contribution is 5.68. The molecule has 8 heteroatoms. The van der Waals surface area contributed by atoms with Crippen LogP contribution in [0.4, 0.5) is 5.82 Å². The molecule has 2 aromatic rings. The highest BCUT2D eigenvalue weighted by Gasteiger charge is 2.06. The van der Waals surface area contributed by atoms with Gasteiger partial charge in [-0.3, -0.25) is 4.40 Å². The van der Waals surface area contributed by atoms with E-state index in [9.17, 15) is 4.79 Å². The Labute approximate surface area is 103 Å². The molecular weight excluding hydrogens is 238 g/mol. The van der Waals surface area contributed by atoms with Crippen molar-refractivity contribution >= 4 is 17.4 Å². The van der Waals surface area contributed by atoms with E-state index in [4.69, 9.17) is 9.84 Å². The number of hydrogen-bond acceptors (Lipinski definition) is 6. The van der Waals surface area contributed by atoms with Crippen molar-refractivity contribution in [1.29, 1.82) is 0 Å². The van der Waals surface area contributed by atoms with E-state index in [2.05, 4.69) is 20.5 Å². The maximum atomic E-state index is 10.2. The predicted octanol–water partition coefficient (Wildman–Crippen LogP) is -0.0542. The summed E-state index contributed by atoms with van der Waals surface area (Å²) in [6.45, 7) is 2.27. The summed E-state index contributed by atoms with van der Waals surface area (Å²) in [7, 11) is 0. The molecule has 0 aromatic carbocycles. The van der Waals surface area contributed by atoms with Gasteiger partial charge >= 0.3 is 5.97 Å². The van der Waals surface area contributed by atoms with Crippen LogP contribution in [0, 0.1) is 6.92 Å². The molecule has 0 saturated heterocycles. The van der Waals surface area contributed by atoms with Gasteiger partial charge in [0.2, 0.25) is 5.65 Å². The predicted molar refractivity (Wildman–Crippen MR) is 62.5 cm³/mol. The molecule has 0 bridgehead atoms. The molecule has 0 aliphatic carbocycles. The van der Waals surface area contributed by atoms with Crippen LogP contribution in [0.25, 0.3) is 5.65 Å². The minimum Gasteiger partial charge on any atom is -0.480 e. The molecule has 0 amide bonds. The van der Waals surface area contributed by atoms with E-state index in [0.717, 1.165) is 5.82 Å². The molecule has 8 nitrogen and oxygen atoms in total. The summed E-state index contributed by atoms with van der Waals surface area (Å²) >= 11 is 0. The van der Waals surface area contributed by atoms with Crippen LogP contribution in [0.1, 0.15) is 5.82 Å². The molecule has 0 radical (unpaired) electrons. The van der Waals surface area contributed by atoms with Crippen LogP contribution in [0.3, 0.4) is 0 Å². The van der Waals surface area contributed by atoms with Gasteiger partial charge in [-0.05, 0) is 6.92 Å². The van der Waals surface area contributed by atoms with Gasteiger partial charge in [-0.25, -0.2) is 9.78 Å². The van der Waals surface area contributed by atoms with Crippen molar-refractivity contribution in [3.05, 3.63) is 18.2 Å². The fourth-order valence-corrected chi connectivity index (χ4v) is 1.47. The molecule has 0 unspecified atom stereocenters. The van der Waals surface area contributed by atoms with E-state index >= 15 is 0 Å². The molecule has 0 atom stereocenters. The number of aryl methyl sites for hydroxylation is 1. The molecule has 0 saturated carbocycles. The first-order chi connectivity index (χ1) is 8.68. The molecule has 0 spiro atoms. The van der Waals surface area contributed by atoms with Crippen molar-refractivity contribution in [2.45, 2.75) is 6.92 Å². The molecule has 0 aliphatic rings. The zero-order valence-corrected chi connectivity index (χ0v) is 9.83. The Kier molecular flexibility index (Phi) is 3.68. The lowest BCUT2D eigenvalue weighted by Gasteiger charge is -2.06. The van der Waals surface area contributed by atoms with E-state index < -0.39 is 5.97 Å². The molecule has 0 fully saturated rings. The third kappa shape index (κ3) is 2.72. The van der Waals surface area contributed by atoms with E-state index in [1.807, 2.05) is 11.3 Å². The minimum atomic E-state index is -0.983. The second-order valence-corrected chi connectivity index (χ2v) is 3.59. The van der Waals surface area contributed by atoms with Crippen molar-refractivity contribution in [2.24, 2.45) is 0 Å². The Morgan fingerprint density at radius 1 is 1.56 bits per heavy atom. The van der Waals surface area contributed by atoms with Gasteiger partial charge in [0, 0.05) is 18.9 Å². The SMILES string of the molecule is Cc1nnc2c(NCCOCC(=O)O)nccn12. The normalized spacial score (nSPS) is 10.7. The van der Waals surface area contributed by atoms with Gasteiger partial charge in [-0.2, -0.15) is 0 Å². The Morgan fingerprint density at radius 2 is 2.39 bits per heavy atom. The lowest BCUT2D eigenvalue weighted by Crippen LogP contribution is -2.15. The number of aliphatic carboxylic acids is 1. The van der Waals surface area contributed by atoms with Crippen LogP contribution in [-0.2, 0) is 9.53 Å². The van der Waals surface area contributed by atoms with Crippen LogP contribution >= 0.6 is 0 Å². The number of hydrogen-bond donors (Lipinski definition) is 2. The highest BCUT2D eigenvalue weighted by atomic mass is 16.5. The smallest absolute Gasteiger partial charge is 0.329 e. The molecule has 18 heavy (non-hydrogen) atoms. The molecular formula is C10H13N5O3. The second-order valence-electron chi connectivity index (χ2n) is 3.59. The number of carboxylic acid groups (broad SMARTS) is 1. The summed E-state index contributed by atoms with van der Waals surface area (Å²) in [6, 6.07) is 0. The average Bonchev–Trinajstić information content (AvgIpc) is 2.71. The van der Waals surface area contributed by atoms with Crippen molar-refractivity contribution in [3.8, 4) is 0 Å². The van der Waals surface area contributed by atoms with Gasteiger partial charge in [0.15, 0.2) is 5.82 Å². The first kappa shape index (κ1) is 12.2. The summed E-state index contributed by atoms with van der Waals surface area (Å²) in [5, 5.41) is 19.4. The van der Waals surface area contributed by atoms with Crippen molar-refractivity contribution < 1.29 is 14.6 Å². The monoisotopic (exact) mass is 251 g/mol. The summed E-state index contributed by atoms with van der Waals surface area (Å²) in [5.41, 5.74) is 0.633. The Hall–Kier alpha value is -2.22. The topological polar surface area (TPSA) is 102 Å². The average molecular weight is 251 g/mol. The van der Waals surface area contributed by atoms with Crippen LogP contribution in [0.5, 0.6) is 0 Å². The van der Waals surface area contributed by atoms with Crippen molar-refractivity contribution in [1.82, 2.24) is 19.6 Å². The number of aromatic nitrogens is 4. The van der Waals surface area contributed by atoms with Gasteiger partial charge in [0.1, 0.15) is 12.4 Å². The number of carboxylic acids is 1. The van der Waals surface area contributed by atoms with E-state index in [-0.39, 0.29) is 13.2 Å². The van der Waals surface area contributed by atoms with E-state index in [1.54, 1.807) is 12.4 Å². The van der Waals surface area contributed by atoms with Gasteiger partial charge in [-0.15, -0.1) is 10.2 Å². The third-order valence-electron chi connectivity index (χ3n) is 2.26. The summed E-state index contributed by atoms with van der Waals surface area (Å²) < 4.78 is 6.71. The van der Waals surface area contributed by atoms with Gasteiger partial charge < -0.3 is 15.2 Å². The van der Waals surface area contributed by atoms with E-state index in [0.29, 0.717) is 18.0 Å². The van der Waals surface area contributed by atoms with Crippen molar-refractivity contribution in [3.63, 3.8) is 0 Å². The van der Waals surface area contributed by atoms with E-state index in [1.165, 1.54) is 0 Å². The molecule has 2 aromatic heterocycles.